The van der Waals surface area contributed by atoms with Gasteiger partial charge in [-0.15, -0.1) is 11.3 Å². The molecule has 0 bridgehead atoms. The van der Waals surface area contributed by atoms with Gasteiger partial charge in [0.15, 0.2) is 0 Å². The number of hydrogen-bond acceptors (Lipinski definition) is 3. The topological polar surface area (TPSA) is 24.9 Å². The average molecular weight is 274 g/mol. The van der Waals surface area contributed by atoms with Crippen LogP contribution in [0.25, 0.3) is 0 Å². The molecule has 0 saturated carbocycles. The van der Waals surface area contributed by atoms with Gasteiger partial charge in [0.1, 0.15) is 0 Å². The Bertz CT molecular complexity index is 509. The fourth-order valence-corrected chi connectivity index (χ4v) is 3.45. The highest BCUT2D eigenvalue weighted by atomic mass is 32.1. The van der Waals surface area contributed by atoms with Gasteiger partial charge in [0, 0.05) is 23.5 Å². The number of aryl methyl sites for hydroxylation is 3. The molecule has 1 aromatic heterocycles. The van der Waals surface area contributed by atoms with E-state index in [4.69, 9.17) is 0 Å². The molecule has 2 nitrogen and oxygen atoms in total. The van der Waals surface area contributed by atoms with Crippen LogP contribution in [-0.4, -0.2) is 11.5 Å². The summed E-state index contributed by atoms with van der Waals surface area (Å²) in [5.41, 5.74) is 7.46. The van der Waals surface area contributed by atoms with Crippen molar-refractivity contribution in [3.8, 4) is 0 Å². The maximum Gasteiger partial charge on any atom is 0.0794 e. The second kappa shape index (κ2) is 6.31. The molecule has 0 aliphatic carbocycles. The minimum absolute atomic E-state index is 0.381. The van der Waals surface area contributed by atoms with Crippen LogP contribution in [0.4, 0.5) is 0 Å². The third kappa shape index (κ3) is 3.43. The van der Waals surface area contributed by atoms with Gasteiger partial charge in [-0.1, -0.05) is 24.6 Å². The molecule has 3 heteroatoms. The van der Waals surface area contributed by atoms with Gasteiger partial charge in [0.25, 0.3) is 0 Å². The van der Waals surface area contributed by atoms with Gasteiger partial charge in [-0.2, -0.15) is 0 Å². The monoisotopic (exact) mass is 274 g/mol. The second-order valence-corrected chi connectivity index (χ2v) is 6.07. The minimum Gasteiger partial charge on any atom is -0.310 e. The number of hydrogen-bond donors (Lipinski definition) is 1. The van der Waals surface area contributed by atoms with E-state index in [1.165, 1.54) is 27.1 Å². The van der Waals surface area contributed by atoms with Crippen LogP contribution >= 0.6 is 11.3 Å². The first-order chi connectivity index (χ1) is 9.11. The summed E-state index contributed by atoms with van der Waals surface area (Å²) in [5, 5.41) is 3.62. The van der Waals surface area contributed by atoms with Crippen molar-refractivity contribution in [1.29, 1.82) is 0 Å². The number of benzene rings is 1. The normalized spacial score (nSPS) is 12.6. The van der Waals surface area contributed by atoms with Crippen molar-refractivity contribution in [2.24, 2.45) is 0 Å². The third-order valence-electron chi connectivity index (χ3n) is 3.43. The molecule has 102 valence electrons. The Morgan fingerprint density at radius 3 is 2.42 bits per heavy atom. The summed E-state index contributed by atoms with van der Waals surface area (Å²) in [6.07, 6.45) is 3.00. The van der Waals surface area contributed by atoms with Crippen molar-refractivity contribution >= 4 is 11.3 Å². The van der Waals surface area contributed by atoms with Crippen molar-refractivity contribution in [3.05, 3.63) is 51.0 Å². The summed E-state index contributed by atoms with van der Waals surface area (Å²) in [4.78, 5) is 5.52. The molecule has 0 aliphatic rings. The van der Waals surface area contributed by atoms with Gasteiger partial charge >= 0.3 is 0 Å². The summed E-state index contributed by atoms with van der Waals surface area (Å²) in [6, 6.07) is 4.93. The molecular formula is C16H22N2S. The Kier molecular flexibility index (Phi) is 4.72. The molecule has 1 N–H and O–H groups in total. The molecule has 2 rings (SSSR count). The van der Waals surface area contributed by atoms with E-state index in [9.17, 15) is 0 Å². The van der Waals surface area contributed by atoms with E-state index in [0.717, 1.165) is 13.0 Å². The highest BCUT2D eigenvalue weighted by Gasteiger charge is 2.16. The Morgan fingerprint density at radius 2 is 1.89 bits per heavy atom. The number of nitrogens with one attached hydrogen (secondary N) is 1. The zero-order valence-electron chi connectivity index (χ0n) is 12.2. The molecule has 0 spiro atoms. The van der Waals surface area contributed by atoms with Crippen LogP contribution in [0.1, 0.15) is 40.1 Å². The Labute approximate surface area is 119 Å². The zero-order valence-corrected chi connectivity index (χ0v) is 13.0. The molecule has 1 atom stereocenters. The highest BCUT2D eigenvalue weighted by molar-refractivity contribution is 7.09. The molecule has 0 saturated heterocycles. The average Bonchev–Trinajstić information content (AvgIpc) is 2.80. The predicted molar refractivity (Wildman–Crippen MR) is 82.9 cm³/mol. The van der Waals surface area contributed by atoms with Crippen molar-refractivity contribution in [2.75, 3.05) is 6.54 Å². The van der Waals surface area contributed by atoms with Crippen LogP contribution in [0.5, 0.6) is 0 Å². The smallest absolute Gasteiger partial charge is 0.0794 e. The Balaban J connectivity index is 2.33. The summed E-state index contributed by atoms with van der Waals surface area (Å²) in [7, 11) is 0. The van der Waals surface area contributed by atoms with Crippen LogP contribution in [0.3, 0.4) is 0 Å². The maximum absolute atomic E-state index is 4.18. The predicted octanol–water partition coefficient (Wildman–Crippen LogP) is 3.96. The standard InChI is InChI=1S/C16H22N2S/c1-5-18-15(8-14-9-17-10-19-14)16-12(3)6-11(2)7-13(16)4/h6-7,9-10,15,18H,5,8H2,1-4H3. The largest absolute Gasteiger partial charge is 0.310 e. The molecule has 1 unspecified atom stereocenters. The van der Waals surface area contributed by atoms with E-state index in [2.05, 4.69) is 50.1 Å². The molecule has 2 aromatic rings. The van der Waals surface area contributed by atoms with Gasteiger partial charge in [-0.25, -0.2) is 0 Å². The zero-order chi connectivity index (χ0) is 13.8. The molecule has 0 aliphatic heterocycles. The van der Waals surface area contributed by atoms with E-state index >= 15 is 0 Å². The van der Waals surface area contributed by atoms with Gasteiger partial charge in [-0.05, 0) is 44.0 Å². The number of aromatic nitrogens is 1. The van der Waals surface area contributed by atoms with Gasteiger partial charge < -0.3 is 5.32 Å². The number of rotatable bonds is 5. The first-order valence-electron chi connectivity index (χ1n) is 6.80. The number of likely N-dealkylation sites (N-methyl/N-ethyl adjacent to an activating group) is 1. The lowest BCUT2D eigenvalue weighted by Crippen LogP contribution is -2.24. The summed E-state index contributed by atoms with van der Waals surface area (Å²) in [5.74, 6) is 0. The molecular weight excluding hydrogens is 252 g/mol. The first kappa shape index (κ1) is 14.2. The minimum atomic E-state index is 0.381. The molecule has 0 fully saturated rings. The van der Waals surface area contributed by atoms with E-state index in [1.54, 1.807) is 11.3 Å². The Morgan fingerprint density at radius 1 is 1.21 bits per heavy atom. The van der Waals surface area contributed by atoms with Crippen molar-refractivity contribution in [3.63, 3.8) is 0 Å². The summed E-state index contributed by atoms with van der Waals surface area (Å²) in [6.45, 7) is 9.74. The molecule has 0 radical (unpaired) electrons. The van der Waals surface area contributed by atoms with Crippen LogP contribution in [-0.2, 0) is 6.42 Å². The maximum atomic E-state index is 4.18. The lowest BCUT2D eigenvalue weighted by atomic mass is 9.92. The second-order valence-electron chi connectivity index (χ2n) is 5.09. The SMILES string of the molecule is CCNC(Cc1cncs1)c1c(C)cc(C)cc1C. The van der Waals surface area contributed by atoms with E-state index < -0.39 is 0 Å². The van der Waals surface area contributed by atoms with Crippen LogP contribution in [0.15, 0.2) is 23.8 Å². The third-order valence-corrected chi connectivity index (χ3v) is 4.23. The lowest BCUT2D eigenvalue weighted by molar-refractivity contribution is 0.548. The van der Waals surface area contributed by atoms with E-state index in [0.29, 0.717) is 6.04 Å². The fourth-order valence-electron chi connectivity index (χ4n) is 2.81. The number of thiazole rings is 1. The Hall–Kier alpha value is -1.19. The summed E-state index contributed by atoms with van der Waals surface area (Å²) >= 11 is 1.74. The van der Waals surface area contributed by atoms with Crippen LogP contribution < -0.4 is 5.32 Å². The molecule has 1 heterocycles. The first-order valence-corrected chi connectivity index (χ1v) is 7.68. The van der Waals surface area contributed by atoms with Crippen molar-refractivity contribution in [1.82, 2.24) is 10.3 Å². The van der Waals surface area contributed by atoms with Gasteiger partial charge in [-0.3, -0.25) is 4.98 Å². The molecule has 19 heavy (non-hydrogen) atoms. The highest BCUT2D eigenvalue weighted by Crippen LogP contribution is 2.27. The quantitative estimate of drug-likeness (QED) is 0.892. The van der Waals surface area contributed by atoms with E-state index in [-0.39, 0.29) is 0 Å². The fraction of sp³-hybridized carbons (Fsp3) is 0.438. The molecule has 1 aromatic carbocycles. The van der Waals surface area contributed by atoms with Gasteiger partial charge in [0.2, 0.25) is 0 Å². The van der Waals surface area contributed by atoms with Gasteiger partial charge in [0.05, 0.1) is 5.51 Å². The van der Waals surface area contributed by atoms with Crippen LogP contribution in [0.2, 0.25) is 0 Å². The number of nitrogens with zero attached hydrogens (tertiary/aromatic N) is 1. The van der Waals surface area contributed by atoms with E-state index in [1.807, 2.05) is 11.7 Å². The van der Waals surface area contributed by atoms with Crippen LogP contribution in [0, 0.1) is 20.8 Å². The molecule has 0 amide bonds. The lowest BCUT2D eigenvalue weighted by Gasteiger charge is -2.22. The van der Waals surface area contributed by atoms with Crippen molar-refractivity contribution in [2.45, 2.75) is 40.2 Å². The van der Waals surface area contributed by atoms with Crippen molar-refractivity contribution < 1.29 is 0 Å². The summed E-state index contributed by atoms with van der Waals surface area (Å²) < 4.78 is 0.